The van der Waals surface area contributed by atoms with Gasteiger partial charge >= 0.3 is 5.97 Å². The Balaban J connectivity index is 1.65. The second-order valence-corrected chi connectivity index (χ2v) is 8.98. The van der Waals surface area contributed by atoms with Crippen LogP contribution in [0, 0.1) is 6.92 Å². The second-order valence-electron chi connectivity index (χ2n) is 7.15. The van der Waals surface area contributed by atoms with Crippen molar-refractivity contribution in [3.05, 3.63) is 59.2 Å². The predicted molar refractivity (Wildman–Crippen MR) is 110 cm³/mol. The lowest BCUT2D eigenvalue weighted by Crippen LogP contribution is -2.29. The molecule has 0 unspecified atom stereocenters. The fourth-order valence-corrected chi connectivity index (χ4v) is 5.49. The van der Waals surface area contributed by atoms with Crippen molar-refractivity contribution in [3.63, 3.8) is 0 Å². The van der Waals surface area contributed by atoms with E-state index in [1.807, 2.05) is 24.3 Å². The molecule has 3 aromatic rings. The first kappa shape index (κ1) is 20.0. The first-order valence-electron chi connectivity index (χ1n) is 9.34. The minimum Gasteiger partial charge on any atom is -0.497 e. The fourth-order valence-electron chi connectivity index (χ4n) is 3.74. The maximum absolute atomic E-state index is 13.3. The van der Waals surface area contributed by atoms with Crippen LogP contribution < -0.4 is 9.04 Å². The molecule has 0 spiro atoms. The number of carbonyl (C=O) groups is 1. The summed E-state index contributed by atoms with van der Waals surface area (Å²) in [4.78, 5) is 11.4. The predicted octanol–water partition coefficient (Wildman–Crippen LogP) is 2.04. The van der Waals surface area contributed by atoms with E-state index in [0.29, 0.717) is 24.3 Å². The van der Waals surface area contributed by atoms with Crippen molar-refractivity contribution in [2.24, 2.45) is 7.05 Å². The number of methoxy groups -OCH3 is 1. The highest BCUT2D eigenvalue weighted by molar-refractivity contribution is 7.93. The van der Waals surface area contributed by atoms with E-state index in [1.54, 1.807) is 32.0 Å². The quantitative estimate of drug-likeness (QED) is 0.641. The molecular formula is C20H22N4O5S. The minimum atomic E-state index is -3.91. The van der Waals surface area contributed by atoms with E-state index in [4.69, 9.17) is 4.74 Å². The third-order valence-electron chi connectivity index (χ3n) is 5.51. The lowest BCUT2D eigenvalue weighted by Gasteiger charge is -2.17. The van der Waals surface area contributed by atoms with Gasteiger partial charge in [0, 0.05) is 25.7 Å². The number of benzene rings is 1. The lowest BCUT2D eigenvalue weighted by molar-refractivity contribution is 0.0686. The Morgan fingerprint density at radius 2 is 1.97 bits per heavy atom. The number of aromatic carboxylic acids is 1. The van der Waals surface area contributed by atoms with Crippen LogP contribution in [0.1, 0.15) is 27.4 Å². The summed E-state index contributed by atoms with van der Waals surface area (Å²) in [5.74, 6) is -0.405. The molecule has 0 bridgehead atoms. The van der Waals surface area contributed by atoms with Crippen LogP contribution in [-0.2, 0) is 30.0 Å². The number of rotatable bonds is 6. The first-order chi connectivity index (χ1) is 14.2. The maximum atomic E-state index is 13.3. The molecule has 1 aliphatic heterocycles. The summed E-state index contributed by atoms with van der Waals surface area (Å²) in [6.07, 6.45) is 2.09. The average Bonchev–Trinajstić information content (AvgIpc) is 3.38. The van der Waals surface area contributed by atoms with Crippen molar-refractivity contribution in [1.82, 2.24) is 14.3 Å². The smallest absolute Gasteiger partial charge is 0.352 e. The molecular weight excluding hydrogens is 408 g/mol. The highest BCUT2D eigenvalue weighted by Gasteiger charge is 2.36. The van der Waals surface area contributed by atoms with Gasteiger partial charge in [-0.05, 0) is 30.7 Å². The molecule has 1 N–H and O–H groups in total. The Morgan fingerprint density at radius 1 is 1.27 bits per heavy atom. The molecule has 158 valence electrons. The van der Waals surface area contributed by atoms with Crippen LogP contribution in [0.15, 0.2) is 41.4 Å². The van der Waals surface area contributed by atoms with Crippen LogP contribution in [0.2, 0.25) is 0 Å². The summed E-state index contributed by atoms with van der Waals surface area (Å²) in [7, 11) is -0.756. The normalized spacial score (nSPS) is 13.5. The molecule has 1 aliphatic rings. The van der Waals surface area contributed by atoms with E-state index in [1.165, 1.54) is 14.9 Å². The molecule has 0 saturated carbocycles. The number of hydrogen-bond acceptors (Lipinski definition) is 5. The second kappa shape index (κ2) is 7.21. The average molecular weight is 430 g/mol. The maximum Gasteiger partial charge on any atom is 0.352 e. The van der Waals surface area contributed by atoms with E-state index < -0.39 is 16.0 Å². The molecule has 0 aliphatic carbocycles. The third kappa shape index (κ3) is 3.13. The van der Waals surface area contributed by atoms with E-state index in [0.717, 1.165) is 17.0 Å². The number of anilines is 1. The Bertz CT molecular complexity index is 1220. The fraction of sp³-hybridized carbons (Fsp3) is 0.300. The molecule has 30 heavy (non-hydrogen) atoms. The van der Waals surface area contributed by atoms with Gasteiger partial charge in [0.1, 0.15) is 16.3 Å². The highest BCUT2D eigenvalue weighted by Crippen LogP contribution is 2.34. The Morgan fingerprint density at radius 3 is 2.57 bits per heavy atom. The molecule has 3 heterocycles. The summed E-state index contributed by atoms with van der Waals surface area (Å²) in [5, 5.41) is 13.7. The summed E-state index contributed by atoms with van der Waals surface area (Å²) >= 11 is 0. The summed E-state index contributed by atoms with van der Waals surface area (Å²) in [6.45, 7) is 2.40. The summed E-state index contributed by atoms with van der Waals surface area (Å²) in [5.41, 5.74) is 2.70. The lowest BCUT2D eigenvalue weighted by atomic mass is 10.2. The minimum absolute atomic E-state index is 0.00171. The monoisotopic (exact) mass is 430 g/mol. The molecule has 9 nitrogen and oxygen atoms in total. The third-order valence-corrected chi connectivity index (χ3v) is 7.44. The van der Waals surface area contributed by atoms with Crippen LogP contribution in [0.5, 0.6) is 5.75 Å². The van der Waals surface area contributed by atoms with Gasteiger partial charge in [0.25, 0.3) is 10.0 Å². The van der Waals surface area contributed by atoms with Crippen molar-refractivity contribution >= 4 is 21.7 Å². The number of nitrogens with zero attached hydrogens (tertiary/aromatic N) is 4. The van der Waals surface area contributed by atoms with Gasteiger partial charge in [0.15, 0.2) is 0 Å². The highest BCUT2D eigenvalue weighted by atomic mass is 32.2. The molecule has 0 fully saturated rings. The zero-order valence-corrected chi connectivity index (χ0v) is 17.7. The molecule has 0 saturated heterocycles. The molecule has 0 atom stereocenters. The summed E-state index contributed by atoms with van der Waals surface area (Å²) in [6, 6.07) is 8.84. The molecule has 1 aromatic carbocycles. The van der Waals surface area contributed by atoms with Gasteiger partial charge in [-0.25, -0.2) is 13.2 Å². The van der Waals surface area contributed by atoms with E-state index >= 15 is 0 Å². The van der Waals surface area contributed by atoms with Gasteiger partial charge in [-0.3, -0.25) is 8.99 Å². The number of fused-ring (bicyclic) bond motifs is 1. The van der Waals surface area contributed by atoms with E-state index in [2.05, 4.69) is 5.10 Å². The van der Waals surface area contributed by atoms with Crippen molar-refractivity contribution in [1.29, 1.82) is 0 Å². The number of carboxylic acids is 1. The molecule has 0 radical (unpaired) electrons. The molecule has 0 amide bonds. The zero-order chi connectivity index (χ0) is 21.6. The van der Waals surface area contributed by atoms with Crippen molar-refractivity contribution in [2.45, 2.75) is 24.8 Å². The largest absolute Gasteiger partial charge is 0.497 e. The van der Waals surface area contributed by atoms with Gasteiger partial charge in [-0.15, -0.1) is 0 Å². The Hall–Kier alpha value is -3.27. The van der Waals surface area contributed by atoms with Crippen LogP contribution in [0.25, 0.3) is 0 Å². The number of aromatic nitrogens is 3. The van der Waals surface area contributed by atoms with Crippen molar-refractivity contribution in [2.75, 3.05) is 18.0 Å². The van der Waals surface area contributed by atoms with Crippen LogP contribution >= 0.6 is 0 Å². The van der Waals surface area contributed by atoms with Gasteiger partial charge in [-0.1, -0.05) is 12.1 Å². The standard InChI is InChI=1S/C20H22N4O5S/c1-13-19(10-17(20(25)26)22(13)2)30(27,28)24-9-8-16-18(24)11-21-23(16)12-14-4-6-15(29-3)7-5-14/h4-7,10-11H,8-9,12H2,1-3H3,(H,25,26). The number of hydrogen-bond donors (Lipinski definition) is 1. The number of carboxylic acid groups (broad SMARTS) is 1. The Kier molecular flexibility index (Phi) is 4.81. The molecule has 2 aromatic heterocycles. The Labute approximate surface area is 174 Å². The van der Waals surface area contributed by atoms with E-state index in [9.17, 15) is 18.3 Å². The van der Waals surface area contributed by atoms with E-state index in [-0.39, 0.29) is 17.1 Å². The summed E-state index contributed by atoms with van der Waals surface area (Å²) < 4.78 is 36.3. The van der Waals surface area contributed by atoms with Gasteiger partial charge < -0.3 is 14.4 Å². The van der Waals surface area contributed by atoms with Crippen LogP contribution in [0.3, 0.4) is 0 Å². The first-order valence-corrected chi connectivity index (χ1v) is 10.8. The van der Waals surface area contributed by atoms with Crippen molar-refractivity contribution in [3.8, 4) is 5.75 Å². The SMILES string of the molecule is COc1ccc(Cn2ncc3c2CCN3S(=O)(=O)c2cc(C(=O)O)n(C)c2C)cc1. The van der Waals surface area contributed by atoms with Gasteiger partial charge in [0.05, 0.1) is 31.2 Å². The van der Waals surface area contributed by atoms with Crippen molar-refractivity contribution < 1.29 is 23.1 Å². The number of sulfonamides is 1. The topological polar surface area (TPSA) is 107 Å². The van der Waals surface area contributed by atoms with Gasteiger partial charge in [0.2, 0.25) is 0 Å². The molecule has 4 rings (SSSR count). The van der Waals surface area contributed by atoms with Crippen LogP contribution in [-0.4, -0.2) is 47.5 Å². The zero-order valence-electron chi connectivity index (χ0n) is 16.9. The molecule has 10 heteroatoms. The number of ether oxygens (including phenoxy) is 1. The van der Waals surface area contributed by atoms with Gasteiger partial charge in [-0.2, -0.15) is 5.10 Å². The van der Waals surface area contributed by atoms with Crippen LogP contribution in [0.4, 0.5) is 5.69 Å².